The summed E-state index contributed by atoms with van der Waals surface area (Å²) in [6, 6.07) is 18.5. The maximum Gasteiger partial charge on any atom is 0.261 e. The average Bonchev–Trinajstić information content (AvgIpc) is 2.69. The molecule has 31 heavy (non-hydrogen) atoms. The molecule has 162 valence electrons. The van der Waals surface area contributed by atoms with E-state index >= 15 is 0 Å². The summed E-state index contributed by atoms with van der Waals surface area (Å²) in [5.41, 5.74) is 1.98. The van der Waals surface area contributed by atoms with Crippen LogP contribution in [-0.4, -0.2) is 20.1 Å². The highest BCUT2D eigenvalue weighted by atomic mass is 35.5. The standard InChI is InChI=1S/C22H20Cl2N2O3S2/c1-15-2-6-20(7-3-15)30-11-10-22(27)25-18-4-8-21(9-5-18)31(28,29)26-19-13-16(23)12-17(24)14-19/h2-9,12-14,26H,10-11H2,1H3,(H,25,27). The van der Waals surface area contributed by atoms with Gasteiger partial charge in [0.05, 0.1) is 10.6 Å². The van der Waals surface area contributed by atoms with Gasteiger partial charge < -0.3 is 5.32 Å². The first-order valence-electron chi connectivity index (χ1n) is 9.29. The minimum absolute atomic E-state index is 0.0523. The van der Waals surface area contributed by atoms with Crippen LogP contribution >= 0.6 is 35.0 Å². The predicted octanol–water partition coefficient (Wildman–Crippen LogP) is 6.22. The van der Waals surface area contributed by atoms with Crippen molar-refractivity contribution in [1.29, 1.82) is 0 Å². The molecule has 0 heterocycles. The summed E-state index contributed by atoms with van der Waals surface area (Å²) >= 11 is 13.4. The van der Waals surface area contributed by atoms with Gasteiger partial charge in [-0.25, -0.2) is 8.42 Å². The van der Waals surface area contributed by atoms with Crippen LogP contribution in [0.5, 0.6) is 0 Å². The molecule has 0 aliphatic carbocycles. The number of hydrogen-bond acceptors (Lipinski definition) is 4. The molecule has 0 atom stereocenters. The number of amides is 1. The first kappa shape index (κ1) is 23.5. The van der Waals surface area contributed by atoms with Gasteiger partial charge in [0.1, 0.15) is 0 Å². The summed E-state index contributed by atoms with van der Waals surface area (Å²) in [4.78, 5) is 13.3. The van der Waals surface area contributed by atoms with Gasteiger partial charge >= 0.3 is 0 Å². The van der Waals surface area contributed by atoms with Gasteiger partial charge in [-0.3, -0.25) is 9.52 Å². The molecule has 0 aliphatic rings. The normalized spacial score (nSPS) is 11.2. The zero-order valence-electron chi connectivity index (χ0n) is 16.6. The van der Waals surface area contributed by atoms with E-state index in [1.807, 2.05) is 31.2 Å². The second-order valence-corrected chi connectivity index (χ2v) is 10.5. The van der Waals surface area contributed by atoms with Gasteiger partial charge in [-0.05, 0) is 61.5 Å². The van der Waals surface area contributed by atoms with Crippen LogP contribution < -0.4 is 10.0 Å². The summed E-state index contributed by atoms with van der Waals surface area (Å²) in [7, 11) is -3.82. The van der Waals surface area contributed by atoms with Crippen LogP contribution in [0.1, 0.15) is 12.0 Å². The fourth-order valence-electron chi connectivity index (χ4n) is 2.66. The molecule has 0 radical (unpaired) electrons. The number of benzene rings is 3. The van der Waals surface area contributed by atoms with Crippen molar-refractivity contribution in [3.05, 3.63) is 82.3 Å². The van der Waals surface area contributed by atoms with Gasteiger partial charge in [-0.15, -0.1) is 11.8 Å². The molecule has 0 bridgehead atoms. The molecule has 0 aliphatic heterocycles. The van der Waals surface area contributed by atoms with Crippen molar-refractivity contribution in [3.63, 3.8) is 0 Å². The van der Waals surface area contributed by atoms with Crippen LogP contribution in [0.2, 0.25) is 10.0 Å². The lowest BCUT2D eigenvalue weighted by atomic mass is 10.2. The quantitative estimate of drug-likeness (QED) is 0.364. The largest absolute Gasteiger partial charge is 0.326 e. The third-order valence-corrected chi connectivity index (χ3v) is 7.03. The summed E-state index contributed by atoms with van der Waals surface area (Å²) in [6.07, 6.45) is 0.343. The van der Waals surface area contributed by atoms with Crippen LogP contribution in [0.4, 0.5) is 11.4 Å². The van der Waals surface area contributed by atoms with Crippen LogP contribution in [0.25, 0.3) is 0 Å². The molecule has 0 fully saturated rings. The monoisotopic (exact) mass is 494 g/mol. The Morgan fingerprint density at radius 1 is 0.903 bits per heavy atom. The first-order valence-corrected chi connectivity index (χ1v) is 12.5. The highest BCUT2D eigenvalue weighted by molar-refractivity contribution is 7.99. The van der Waals surface area contributed by atoms with Gasteiger partial charge in [-0.1, -0.05) is 40.9 Å². The third kappa shape index (κ3) is 7.18. The maximum absolute atomic E-state index is 12.6. The summed E-state index contributed by atoms with van der Waals surface area (Å²) in [5.74, 6) is 0.509. The van der Waals surface area contributed by atoms with Crippen molar-refractivity contribution in [2.75, 3.05) is 15.8 Å². The Bertz CT molecular complexity index is 1150. The Morgan fingerprint density at radius 3 is 2.13 bits per heavy atom. The topological polar surface area (TPSA) is 75.3 Å². The summed E-state index contributed by atoms with van der Waals surface area (Å²) in [5, 5.41) is 3.42. The second kappa shape index (κ2) is 10.4. The van der Waals surface area contributed by atoms with Gasteiger partial charge in [-0.2, -0.15) is 0 Å². The van der Waals surface area contributed by atoms with Crippen molar-refractivity contribution in [1.82, 2.24) is 0 Å². The van der Waals surface area contributed by atoms with Gasteiger partial charge in [0.15, 0.2) is 0 Å². The van der Waals surface area contributed by atoms with Crippen molar-refractivity contribution in [2.24, 2.45) is 0 Å². The van der Waals surface area contributed by atoms with Gasteiger partial charge in [0.25, 0.3) is 10.0 Å². The van der Waals surface area contributed by atoms with E-state index in [0.29, 0.717) is 27.9 Å². The van der Waals surface area contributed by atoms with E-state index in [-0.39, 0.29) is 16.5 Å². The highest BCUT2D eigenvalue weighted by Gasteiger charge is 2.15. The molecule has 1 amide bonds. The Hall–Kier alpha value is -2.19. The summed E-state index contributed by atoms with van der Waals surface area (Å²) < 4.78 is 27.6. The maximum atomic E-state index is 12.6. The third-order valence-electron chi connectivity index (χ3n) is 4.18. The molecule has 0 saturated carbocycles. The molecule has 0 unspecified atom stereocenters. The molecule has 3 rings (SSSR count). The number of anilines is 2. The Labute approximate surface area is 196 Å². The molecule has 3 aromatic carbocycles. The van der Waals surface area contributed by atoms with Gasteiger partial charge in [0, 0.05) is 32.8 Å². The number of nitrogens with one attached hydrogen (secondary N) is 2. The molecule has 3 aromatic rings. The zero-order valence-corrected chi connectivity index (χ0v) is 19.7. The lowest BCUT2D eigenvalue weighted by molar-refractivity contribution is -0.115. The lowest BCUT2D eigenvalue weighted by Crippen LogP contribution is -2.14. The molecule has 9 heteroatoms. The molecular weight excluding hydrogens is 475 g/mol. The highest BCUT2D eigenvalue weighted by Crippen LogP contribution is 2.25. The number of sulfonamides is 1. The molecule has 0 aromatic heterocycles. The van der Waals surface area contributed by atoms with Crippen LogP contribution in [0, 0.1) is 6.92 Å². The van der Waals surface area contributed by atoms with Crippen LogP contribution in [-0.2, 0) is 14.8 Å². The van der Waals surface area contributed by atoms with Gasteiger partial charge in [0.2, 0.25) is 5.91 Å². The lowest BCUT2D eigenvalue weighted by Gasteiger charge is -2.10. The number of hydrogen-bond donors (Lipinski definition) is 2. The fraction of sp³-hybridized carbons (Fsp3) is 0.136. The second-order valence-electron chi connectivity index (χ2n) is 6.75. The SMILES string of the molecule is Cc1ccc(SCCC(=O)Nc2ccc(S(=O)(=O)Nc3cc(Cl)cc(Cl)c3)cc2)cc1. The number of rotatable bonds is 8. The van der Waals surface area contributed by atoms with Crippen molar-refractivity contribution < 1.29 is 13.2 Å². The van der Waals surface area contributed by atoms with E-state index in [1.54, 1.807) is 23.9 Å². The Morgan fingerprint density at radius 2 is 1.52 bits per heavy atom. The molecule has 2 N–H and O–H groups in total. The Kier molecular flexibility index (Phi) is 7.89. The predicted molar refractivity (Wildman–Crippen MR) is 129 cm³/mol. The Balaban J connectivity index is 1.55. The number of carbonyl (C=O) groups is 1. The van der Waals surface area contributed by atoms with Crippen molar-refractivity contribution in [3.8, 4) is 0 Å². The average molecular weight is 495 g/mol. The molecular formula is C22H20Cl2N2O3S2. The number of carbonyl (C=O) groups excluding carboxylic acids is 1. The zero-order chi connectivity index (χ0) is 22.4. The number of halogens is 2. The van der Waals surface area contributed by atoms with E-state index in [9.17, 15) is 13.2 Å². The summed E-state index contributed by atoms with van der Waals surface area (Å²) in [6.45, 7) is 2.03. The van der Waals surface area contributed by atoms with E-state index in [4.69, 9.17) is 23.2 Å². The van der Waals surface area contributed by atoms with Crippen LogP contribution in [0.15, 0.2) is 76.5 Å². The van der Waals surface area contributed by atoms with E-state index < -0.39 is 10.0 Å². The smallest absolute Gasteiger partial charge is 0.261 e. The van der Waals surface area contributed by atoms with Crippen molar-refractivity contribution in [2.45, 2.75) is 23.1 Å². The fourth-order valence-corrected chi connectivity index (χ4v) is 5.08. The number of thioether (sulfide) groups is 1. The number of aryl methyl sites for hydroxylation is 1. The molecule has 0 spiro atoms. The van der Waals surface area contributed by atoms with E-state index in [0.717, 1.165) is 4.90 Å². The first-order chi connectivity index (χ1) is 14.7. The minimum Gasteiger partial charge on any atom is -0.326 e. The van der Waals surface area contributed by atoms with E-state index in [2.05, 4.69) is 10.0 Å². The van der Waals surface area contributed by atoms with Crippen LogP contribution in [0.3, 0.4) is 0 Å². The van der Waals surface area contributed by atoms with E-state index in [1.165, 1.54) is 35.9 Å². The molecule has 0 saturated heterocycles. The minimum atomic E-state index is -3.82. The molecule has 5 nitrogen and oxygen atoms in total. The van der Waals surface area contributed by atoms with Crippen molar-refractivity contribution >= 4 is 62.3 Å².